The number of ether oxygens (including phenoxy) is 1. The lowest BCUT2D eigenvalue weighted by atomic mass is 9.95. The molecule has 1 aromatic heterocycles. The second-order valence-electron chi connectivity index (χ2n) is 7.34. The van der Waals surface area contributed by atoms with Gasteiger partial charge in [-0.1, -0.05) is 26.0 Å². The largest absolute Gasteiger partial charge is 0.478 e. The Kier molecular flexibility index (Phi) is 7.81. The lowest BCUT2D eigenvalue weighted by Gasteiger charge is -2.29. The third-order valence-electron chi connectivity index (χ3n) is 5.42. The average molecular weight is 407 g/mol. The quantitative estimate of drug-likeness (QED) is 0.731. The molecule has 30 heavy (non-hydrogen) atoms. The Balaban J connectivity index is 0.00000124. The van der Waals surface area contributed by atoms with Crippen LogP contribution in [0.4, 0.5) is 5.82 Å². The molecule has 0 aliphatic carbocycles. The molecule has 0 fully saturated rings. The van der Waals surface area contributed by atoms with Crippen molar-refractivity contribution < 1.29 is 9.53 Å². The van der Waals surface area contributed by atoms with Gasteiger partial charge in [-0.2, -0.15) is 10.2 Å². The van der Waals surface area contributed by atoms with Gasteiger partial charge >= 0.3 is 0 Å². The lowest BCUT2D eigenvalue weighted by Crippen LogP contribution is -2.32. The normalized spacial score (nSPS) is 15.0. The van der Waals surface area contributed by atoms with Crippen LogP contribution in [0, 0.1) is 11.3 Å². The number of unbranched alkanes of at least 4 members (excludes halogenated alkanes) is 1. The summed E-state index contributed by atoms with van der Waals surface area (Å²) in [5.41, 5.74) is 4.36. The molecule has 1 amide bonds. The van der Waals surface area contributed by atoms with E-state index in [1.165, 1.54) is 11.1 Å². The molecule has 2 aromatic rings. The number of carbonyl (C=O) groups is 1. The number of pyridine rings is 1. The molecule has 0 spiro atoms. The van der Waals surface area contributed by atoms with Gasteiger partial charge in [-0.25, -0.2) is 0 Å². The molecule has 3 heterocycles. The predicted molar refractivity (Wildman–Crippen MR) is 117 cm³/mol. The van der Waals surface area contributed by atoms with Gasteiger partial charge in [-0.05, 0) is 61.1 Å². The van der Waals surface area contributed by atoms with E-state index >= 15 is 0 Å². The van der Waals surface area contributed by atoms with E-state index in [9.17, 15) is 10.1 Å². The predicted octanol–water partition coefficient (Wildman–Crippen LogP) is 4.08. The SMILES string of the molecule is CC.N#Cc1cccc2c1CN(CCCCOc1ccc3c(n1)NC(=O)CC3)CC2. The van der Waals surface area contributed by atoms with E-state index in [0.29, 0.717) is 24.7 Å². The topological polar surface area (TPSA) is 78.2 Å². The highest BCUT2D eigenvalue weighted by Crippen LogP contribution is 2.24. The zero-order valence-electron chi connectivity index (χ0n) is 17.9. The van der Waals surface area contributed by atoms with Crippen LogP contribution in [0.25, 0.3) is 0 Å². The highest BCUT2D eigenvalue weighted by atomic mass is 16.5. The van der Waals surface area contributed by atoms with Gasteiger partial charge in [-0.15, -0.1) is 0 Å². The molecule has 4 rings (SSSR count). The van der Waals surface area contributed by atoms with Crippen LogP contribution in [0.1, 0.15) is 55.4 Å². The van der Waals surface area contributed by atoms with Crippen LogP contribution in [-0.2, 0) is 24.2 Å². The summed E-state index contributed by atoms with van der Waals surface area (Å²) in [5, 5.41) is 12.1. The summed E-state index contributed by atoms with van der Waals surface area (Å²) >= 11 is 0. The number of carbonyl (C=O) groups excluding carboxylic acids is 1. The summed E-state index contributed by atoms with van der Waals surface area (Å²) in [5.74, 6) is 1.21. The van der Waals surface area contributed by atoms with E-state index in [2.05, 4.69) is 27.3 Å². The molecule has 1 aromatic carbocycles. The molecule has 6 heteroatoms. The Morgan fingerprint density at radius 3 is 2.83 bits per heavy atom. The molecule has 0 unspecified atom stereocenters. The number of fused-ring (bicyclic) bond motifs is 2. The van der Waals surface area contributed by atoms with E-state index in [0.717, 1.165) is 56.4 Å². The highest BCUT2D eigenvalue weighted by Gasteiger charge is 2.19. The highest BCUT2D eigenvalue weighted by molar-refractivity contribution is 5.92. The van der Waals surface area contributed by atoms with E-state index in [1.807, 2.05) is 38.1 Å². The summed E-state index contributed by atoms with van der Waals surface area (Å²) in [6.07, 6.45) is 4.23. The maximum Gasteiger partial charge on any atom is 0.225 e. The van der Waals surface area contributed by atoms with Gasteiger partial charge in [0.2, 0.25) is 11.8 Å². The summed E-state index contributed by atoms with van der Waals surface area (Å²) in [6, 6.07) is 12.2. The first-order valence-corrected chi connectivity index (χ1v) is 10.9. The van der Waals surface area contributed by atoms with Gasteiger partial charge < -0.3 is 10.1 Å². The van der Waals surface area contributed by atoms with E-state index < -0.39 is 0 Å². The minimum Gasteiger partial charge on any atom is -0.478 e. The summed E-state index contributed by atoms with van der Waals surface area (Å²) in [4.78, 5) is 18.3. The van der Waals surface area contributed by atoms with Crippen LogP contribution >= 0.6 is 0 Å². The molecule has 158 valence electrons. The third kappa shape index (κ3) is 5.37. The molecule has 2 aliphatic rings. The van der Waals surface area contributed by atoms with Crippen molar-refractivity contribution >= 4 is 11.7 Å². The number of anilines is 1. The van der Waals surface area contributed by atoms with E-state index in [4.69, 9.17) is 4.74 Å². The first-order valence-electron chi connectivity index (χ1n) is 10.9. The van der Waals surface area contributed by atoms with E-state index in [-0.39, 0.29) is 5.91 Å². The summed E-state index contributed by atoms with van der Waals surface area (Å²) < 4.78 is 5.77. The van der Waals surface area contributed by atoms with Gasteiger partial charge in [0.1, 0.15) is 5.82 Å². The maximum atomic E-state index is 11.5. The molecule has 0 saturated carbocycles. The smallest absolute Gasteiger partial charge is 0.225 e. The number of nitrogens with one attached hydrogen (secondary N) is 1. The molecular formula is C24H30N4O2. The first-order chi connectivity index (χ1) is 14.7. The van der Waals surface area contributed by atoms with Gasteiger partial charge in [0, 0.05) is 25.6 Å². The van der Waals surface area contributed by atoms with Crippen LogP contribution in [0.5, 0.6) is 5.88 Å². The van der Waals surface area contributed by atoms with Crippen molar-refractivity contribution in [3.05, 3.63) is 52.6 Å². The monoisotopic (exact) mass is 406 g/mol. The molecule has 2 aliphatic heterocycles. The van der Waals surface area contributed by atoms with Crippen molar-refractivity contribution in [1.29, 1.82) is 5.26 Å². The fourth-order valence-corrected chi connectivity index (χ4v) is 3.85. The minimum absolute atomic E-state index is 0.0137. The van der Waals surface area contributed by atoms with Crippen molar-refractivity contribution in [2.24, 2.45) is 0 Å². The van der Waals surface area contributed by atoms with Crippen LogP contribution < -0.4 is 10.1 Å². The fourth-order valence-electron chi connectivity index (χ4n) is 3.85. The third-order valence-corrected chi connectivity index (χ3v) is 5.42. The van der Waals surface area contributed by atoms with Crippen molar-refractivity contribution in [1.82, 2.24) is 9.88 Å². The van der Waals surface area contributed by atoms with Crippen molar-refractivity contribution in [2.45, 2.75) is 52.5 Å². The van der Waals surface area contributed by atoms with Crippen molar-refractivity contribution in [3.8, 4) is 11.9 Å². The first kappa shape index (κ1) is 21.8. The summed E-state index contributed by atoms with van der Waals surface area (Å²) in [7, 11) is 0. The number of rotatable bonds is 6. The number of hydrogen-bond acceptors (Lipinski definition) is 5. The Hall–Kier alpha value is -2.91. The number of hydrogen-bond donors (Lipinski definition) is 1. The molecular weight excluding hydrogens is 376 g/mol. The number of aromatic nitrogens is 1. The van der Waals surface area contributed by atoms with Crippen molar-refractivity contribution in [3.63, 3.8) is 0 Å². The Morgan fingerprint density at radius 2 is 2.00 bits per heavy atom. The molecule has 0 atom stereocenters. The molecule has 0 radical (unpaired) electrons. The number of aryl methyl sites for hydroxylation is 1. The zero-order chi connectivity index (χ0) is 21.3. The Labute approximate surface area is 178 Å². The van der Waals surface area contributed by atoms with Crippen molar-refractivity contribution in [2.75, 3.05) is 25.0 Å². The van der Waals surface area contributed by atoms with Gasteiger partial charge in [0.25, 0.3) is 0 Å². The minimum atomic E-state index is 0.0137. The summed E-state index contributed by atoms with van der Waals surface area (Å²) in [6.45, 7) is 7.49. The molecule has 6 nitrogen and oxygen atoms in total. The van der Waals surface area contributed by atoms with Gasteiger partial charge in [0.05, 0.1) is 18.2 Å². The van der Waals surface area contributed by atoms with Crippen LogP contribution in [0.2, 0.25) is 0 Å². The fraction of sp³-hybridized carbons (Fsp3) is 0.458. The van der Waals surface area contributed by atoms with Crippen LogP contribution in [0.3, 0.4) is 0 Å². The second kappa shape index (κ2) is 10.7. The number of nitriles is 1. The van der Waals surface area contributed by atoms with Gasteiger partial charge in [0.15, 0.2) is 0 Å². The standard InChI is InChI=1S/C22H24N4O2.C2H6/c23-14-18-5-3-4-16-10-12-26(15-19(16)18)11-1-2-13-28-21-9-7-17-6-8-20(27)24-22(17)25-21;1-2/h3-5,7,9H,1-2,6,8,10-13,15H2,(H,24,25,27);1-2H3. The number of benzene rings is 1. The molecule has 1 N–H and O–H groups in total. The second-order valence-corrected chi connectivity index (χ2v) is 7.34. The van der Waals surface area contributed by atoms with Gasteiger partial charge in [-0.3, -0.25) is 9.69 Å². The lowest BCUT2D eigenvalue weighted by molar-refractivity contribution is -0.116. The number of nitrogens with zero attached hydrogens (tertiary/aromatic N) is 3. The molecule has 0 bridgehead atoms. The van der Waals surface area contributed by atoms with Crippen LogP contribution in [-0.4, -0.2) is 35.5 Å². The Bertz CT molecular complexity index is 920. The molecule has 0 saturated heterocycles. The average Bonchev–Trinajstić information content (AvgIpc) is 2.79. The Morgan fingerprint density at radius 1 is 1.13 bits per heavy atom. The number of amides is 1. The zero-order valence-corrected chi connectivity index (χ0v) is 17.9. The maximum absolute atomic E-state index is 11.5. The van der Waals surface area contributed by atoms with Crippen LogP contribution in [0.15, 0.2) is 30.3 Å². The van der Waals surface area contributed by atoms with E-state index in [1.54, 1.807) is 0 Å².